The van der Waals surface area contributed by atoms with Crippen LogP contribution < -0.4 is 5.73 Å². The summed E-state index contributed by atoms with van der Waals surface area (Å²) in [6.07, 6.45) is 4.05. The number of carbonyl (C=O) groups excluding carboxylic acids is 2. The van der Waals surface area contributed by atoms with Crippen LogP contribution >= 0.6 is 11.3 Å². The number of aryl methyl sites for hydroxylation is 1. The molecule has 2 heterocycles. The van der Waals surface area contributed by atoms with Gasteiger partial charge in [-0.2, -0.15) is 0 Å². The predicted octanol–water partition coefficient (Wildman–Crippen LogP) is 3.24. The number of esters is 1. The first kappa shape index (κ1) is 17.6. The minimum Gasteiger partial charge on any atom is -0.465 e. The standard InChI is InChI=1S/C17H22N2O3S/c1-3-4-9-22-17(21)12(18)5-6-14(20)15-10-13-16(23-15)11(2)7-8-19-13/h7-8,10,12H,3-6,9,18H2,1-2H3/t12-/m1/s1. The third kappa shape index (κ3) is 4.59. The molecule has 2 aromatic heterocycles. The molecule has 0 bridgehead atoms. The van der Waals surface area contributed by atoms with Crippen molar-refractivity contribution in [3.8, 4) is 0 Å². The Labute approximate surface area is 139 Å². The van der Waals surface area contributed by atoms with E-state index in [2.05, 4.69) is 4.98 Å². The van der Waals surface area contributed by atoms with Gasteiger partial charge < -0.3 is 10.5 Å². The fourth-order valence-corrected chi connectivity index (χ4v) is 3.21. The maximum absolute atomic E-state index is 12.3. The van der Waals surface area contributed by atoms with Crippen LogP contribution in [0.1, 0.15) is 47.8 Å². The van der Waals surface area contributed by atoms with E-state index < -0.39 is 12.0 Å². The second-order valence-corrected chi connectivity index (χ2v) is 6.59. The zero-order valence-corrected chi connectivity index (χ0v) is 14.3. The summed E-state index contributed by atoms with van der Waals surface area (Å²) in [5.41, 5.74) is 7.73. The van der Waals surface area contributed by atoms with Crippen molar-refractivity contribution in [1.29, 1.82) is 0 Å². The Morgan fingerprint density at radius 2 is 2.22 bits per heavy atom. The van der Waals surface area contributed by atoms with Gasteiger partial charge in [-0.1, -0.05) is 13.3 Å². The van der Waals surface area contributed by atoms with E-state index in [1.54, 1.807) is 12.3 Å². The van der Waals surface area contributed by atoms with Gasteiger partial charge in [0.15, 0.2) is 5.78 Å². The summed E-state index contributed by atoms with van der Waals surface area (Å²) in [5, 5.41) is 0. The van der Waals surface area contributed by atoms with E-state index in [-0.39, 0.29) is 12.2 Å². The highest BCUT2D eigenvalue weighted by Gasteiger charge is 2.18. The molecule has 0 aliphatic carbocycles. The van der Waals surface area contributed by atoms with E-state index in [4.69, 9.17) is 10.5 Å². The molecule has 2 rings (SSSR count). The fraction of sp³-hybridized carbons (Fsp3) is 0.471. The summed E-state index contributed by atoms with van der Waals surface area (Å²) in [5.74, 6) is -0.440. The summed E-state index contributed by atoms with van der Waals surface area (Å²) in [4.78, 5) is 28.9. The average Bonchev–Trinajstić information content (AvgIpc) is 2.98. The lowest BCUT2D eigenvalue weighted by Gasteiger charge is -2.10. The van der Waals surface area contributed by atoms with Gasteiger partial charge >= 0.3 is 5.97 Å². The van der Waals surface area contributed by atoms with Gasteiger partial charge in [0.05, 0.1) is 21.7 Å². The highest BCUT2D eigenvalue weighted by Crippen LogP contribution is 2.27. The Morgan fingerprint density at radius 1 is 1.43 bits per heavy atom. The van der Waals surface area contributed by atoms with Crippen molar-refractivity contribution >= 4 is 33.3 Å². The molecule has 1 atom stereocenters. The highest BCUT2D eigenvalue weighted by molar-refractivity contribution is 7.21. The molecule has 2 aromatic rings. The molecule has 2 N–H and O–H groups in total. The van der Waals surface area contributed by atoms with Crippen LogP contribution in [0.15, 0.2) is 18.3 Å². The number of ether oxygens (including phenoxy) is 1. The van der Waals surface area contributed by atoms with Crippen molar-refractivity contribution in [3.63, 3.8) is 0 Å². The first-order chi connectivity index (χ1) is 11.0. The lowest BCUT2D eigenvalue weighted by Crippen LogP contribution is -2.33. The summed E-state index contributed by atoms with van der Waals surface area (Å²) in [7, 11) is 0. The van der Waals surface area contributed by atoms with Gasteiger partial charge in [-0.15, -0.1) is 11.3 Å². The molecule has 0 saturated heterocycles. The van der Waals surface area contributed by atoms with Gasteiger partial charge in [0.2, 0.25) is 0 Å². The fourth-order valence-electron chi connectivity index (χ4n) is 2.15. The zero-order chi connectivity index (χ0) is 16.8. The van der Waals surface area contributed by atoms with E-state index in [1.165, 1.54) is 11.3 Å². The summed E-state index contributed by atoms with van der Waals surface area (Å²) >= 11 is 1.44. The first-order valence-corrected chi connectivity index (χ1v) is 8.65. The third-order valence-corrected chi connectivity index (χ3v) is 4.91. The van der Waals surface area contributed by atoms with Crippen molar-refractivity contribution in [2.75, 3.05) is 6.61 Å². The number of Topliss-reactive ketones (excluding diaryl/α,β-unsaturated/α-hetero) is 1. The quantitative estimate of drug-likeness (QED) is 0.455. The van der Waals surface area contributed by atoms with Gasteiger partial charge in [0, 0.05) is 12.6 Å². The molecule has 0 aliphatic heterocycles. The monoisotopic (exact) mass is 334 g/mol. The van der Waals surface area contributed by atoms with Crippen LogP contribution in [0, 0.1) is 6.92 Å². The molecule has 0 fully saturated rings. The number of fused-ring (bicyclic) bond motifs is 1. The van der Waals surface area contributed by atoms with Gasteiger partial charge in [0.25, 0.3) is 0 Å². The molecule has 0 spiro atoms. The molecular formula is C17H22N2O3S. The lowest BCUT2D eigenvalue weighted by atomic mass is 10.1. The number of nitrogens with zero attached hydrogens (tertiary/aromatic N) is 1. The number of ketones is 1. The largest absolute Gasteiger partial charge is 0.465 e. The molecule has 5 nitrogen and oxygen atoms in total. The minimum atomic E-state index is -0.745. The van der Waals surface area contributed by atoms with E-state index in [0.29, 0.717) is 17.9 Å². The SMILES string of the molecule is CCCCOC(=O)[C@H](N)CCC(=O)c1cc2nccc(C)c2s1. The average molecular weight is 334 g/mol. The maximum Gasteiger partial charge on any atom is 0.322 e. The van der Waals surface area contributed by atoms with Gasteiger partial charge in [-0.05, 0) is 37.5 Å². The van der Waals surface area contributed by atoms with E-state index >= 15 is 0 Å². The Balaban J connectivity index is 1.90. The number of hydrogen-bond donors (Lipinski definition) is 1. The van der Waals surface area contributed by atoms with Crippen LogP contribution in [0.3, 0.4) is 0 Å². The second-order valence-electron chi connectivity index (χ2n) is 5.54. The third-order valence-electron chi connectivity index (χ3n) is 3.61. The van der Waals surface area contributed by atoms with Crippen LogP contribution in [0.2, 0.25) is 0 Å². The van der Waals surface area contributed by atoms with Crippen LogP contribution in [0.4, 0.5) is 0 Å². The number of aromatic nitrogens is 1. The van der Waals surface area contributed by atoms with Crippen LogP contribution in [-0.2, 0) is 9.53 Å². The van der Waals surface area contributed by atoms with Gasteiger partial charge in [-0.3, -0.25) is 14.6 Å². The molecule has 0 radical (unpaired) electrons. The molecule has 6 heteroatoms. The van der Waals surface area contributed by atoms with E-state index in [9.17, 15) is 9.59 Å². The molecule has 0 aliphatic rings. The number of unbranched alkanes of at least 4 members (excludes halogenated alkanes) is 1. The van der Waals surface area contributed by atoms with Gasteiger partial charge in [-0.25, -0.2) is 0 Å². The van der Waals surface area contributed by atoms with Crippen molar-refractivity contribution in [2.24, 2.45) is 5.73 Å². The maximum atomic E-state index is 12.3. The van der Waals surface area contributed by atoms with E-state index in [0.717, 1.165) is 28.6 Å². The zero-order valence-electron chi connectivity index (χ0n) is 13.5. The van der Waals surface area contributed by atoms with Crippen LogP contribution in [-0.4, -0.2) is 29.4 Å². The lowest BCUT2D eigenvalue weighted by molar-refractivity contribution is -0.145. The van der Waals surface area contributed by atoms with Crippen LogP contribution in [0.25, 0.3) is 10.2 Å². The topological polar surface area (TPSA) is 82.3 Å². The number of pyridine rings is 1. The highest BCUT2D eigenvalue weighted by atomic mass is 32.1. The number of thiophene rings is 1. The van der Waals surface area contributed by atoms with Gasteiger partial charge in [0.1, 0.15) is 6.04 Å². The summed E-state index contributed by atoms with van der Waals surface area (Å²) in [6, 6.07) is 2.99. The van der Waals surface area contributed by atoms with E-state index in [1.807, 2.05) is 19.9 Å². The number of nitrogens with two attached hydrogens (primary N) is 1. The normalized spacial score (nSPS) is 12.3. The minimum absolute atomic E-state index is 0.00999. The Morgan fingerprint density at radius 3 is 2.91 bits per heavy atom. The predicted molar refractivity (Wildman–Crippen MR) is 91.8 cm³/mol. The first-order valence-electron chi connectivity index (χ1n) is 7.83. The molecule has 23 heavy (non-hydrogen) atoms. The molecule has 124 valence electrons. The van der Waals surface area contributed by atoms with Crippen molar-refractivity contribution in [2.45, 2.75) is 45.6 Å². The Bertz CT molecular complexity index is 696. The Kier molecular flexibility index (Phi) is 6.24. The smallest absolute Gasteiger partial charge is 0.322 e. The Hall–Kier alpha value is -1.79. The summed E-state index contributed by atoms with van der Waals surface area (Å²) in [6.45, 7) is 4.41. The second kappa shape index (κ2) is 8.17. The van der Waals surface area contributed by atoms with Crippen molar-refractivity contribution < 1.29 is 14.3 Å². The molecule has 0 aromatic carbocycles. The van der Waals surface area contributed by atoms with Crippen molar-refractivity contribution in [3.05, 3.63) is 28.8 Å². The van der Waals surface area contributed by atoms with Crippen LogP contribution in [0.5, 0.6) is 0 Å². The molecule has 0 amide bonds. The molecular weight excluding hydrogens is 312 g/mol. The van der Waals surface area contributed by atoms with Crippen molar-refractivity contribution in [1.82, 2.24) is 4.98 Å². The molecule has 0 unspecified atom stereocenters. The molecule has 0 saturated carbocycles. The number of hydrogen-bond acceptors (Lipinski definition) is 6. The summed E-state index contributed by atoms with van der Waals surface area (Å²) < 4.78 is 6.09. The number of carbonyl (C=O) groups is 2. The number of rotatable bonds is 8.